The number of carbonyl (C=O) groups excluding carboxylic acids is 1. The van der Waals surface area contributed by atoms with Crippen molar-refractivity contribution in [3.63, 3.8) is 0 Å². The average Bonchev–Trinajstić information content (AvgIpc) is 3.25. The summed E-state index contributed by atoms with van der Waals surface area (Å²) in [7, 11) is 0. The minimum Gasteiger partial charge on any atom is -0.448 e. The predicted octanol–water partition coefficient (Wildman–Crippen LogP) is 6.73. The van der Waals surface area contributed by atoms with Crippen molar-refractivity contribution < 1.29 is 14.3 Å². The molecule has 37 heavy (non-hydrogen) atoms. The van der Waals surface area contributed by atoms with Crippen LogP contribution >= 0.6 is 0 Å². The molecule has 4 nitrogen and oxygen atoms in total. The molecule has 0 radical (unpaired) electrons. The number of morpholine rings is 1. The number of nitrogens with zero attached hydrogens (tertiary/aromatic N) is 1. The van der Waals surface area contributed by atoms with Gasteiger partial charge in [0, 0.05) is 5.92 Å². The quantitative estimate of drug-likeness (QED) is 0.300. The Morgan fingerprint density at radius 3 is 2.32 bits per heavy atom. The summed E-state index contributed by atoms with van der Waals surface area (Å²) in [5.74, 6) is 0.0645. The lowest BCUT2D eigenvalue weighted by Crippen LogP contribution is -2.56. The molecule has 2 heterocycles. The lowest BCUT2D eigenvalue weighted by Gasteiger charge is -2.44. The van der Waals surface area contributed by atoms with E-state index < -0.39 is 0 Å². The molecule has 2 bridgehead atoms. The lowest BCUT2D eigenvalue weighted by atomic mass is 9.89. The number of hydrogen-bond donors (Lipinski definition) is 0. The largest absolute Gasteiger partial charge is 0.448 e. The molecule has 7 rings (SSSR count). The molecule has 2 aliphatic heterocycles. The summed E-state index contributed by atoms with van der Waals surface area (Å²) in [5, 5.41) is 2.56. The molecule has 4 heteroatoms. The first-order valence-electron chi connectivity index (χ1n) is 13.1. The lowest BCUT2D eigenvalue weighted by molar-refractivity contribution is -0.0363. The van der Waals surface area contributed by atoms with Gasteiger partial charge in [0.15, 0.2) is 0 Å². The molecule has 1 saturated heterocycles. The molecular weight excluding hydrogens is 458 g/mol. The molecule has 0 N–H and O–H groups in total. The van der Waals surface area contributed by atoms with Crippen LogP contribution in [-0.4, -0.2) is 42.9 Å². The van der Waals surface area contributed by atoms with Crippen molar-refractivity contribution in [3.8, 4) is 11.1 Å². The second kappa shape index (κ2) is 9.20. The molecular formula is C33H29NO3. The minimum absolute atomic E-state index is 0.00405. The fourth-order valence-electron chi connectivity index (χ4n) is 6.46. The maximum Gasteiger partial charge on any atom is 0.410 e. The highest BCUT2D eigenvalue weighted by molar-refractivity contribution is 5.86. The normalized spacial score (nSPS) is 20.3. The third kappa shape index (κ3) is 3.93. The fourth-order valence-corrected chi connectivity index (χ4v) is 6.46. The minimum atomic E-state index is -0.236. The fraction of sp³-hybridized carbons (Fsp3) is 0.242. The van der Waals surface area contributed by atoms with E-state index >= 15 is 0 Å². The molecule has 2 atom stereocenters. The Kier molecular flexibility index (Phi) is 5.55. The summed E-state index contributed by atoms with van der Waals surface area (Å²) in [4.78, 5) is 15.4. The van der Waals surface area contributed by atoms with Crippen LogP contribution in [0, 0.1) is 0 Å². The van der Waals surface area contributed by atoms with E-state index in [1.54, 1.807) is 0 Å². The summed E-state index contributed by atoms with van der Waals surface area (Å²) in [6, 6.07) is 31.9. The highest BCUT2D eigenvalue weighted by Crippen LogP contribution is 2.44. The Morgan fingerprint density at radius 2 is 1.54 bits per heavy atom. The second-order valence-electron chi connectivity index (χ2n) is 10.3. The van der Waals surface area contributed by atoms with Crippen LogP contribution in [0.25, 0.3) is 21.9 Å². The van der Waals surface area contributed by atoms with Crippen molar-refractivity contribution in [1.29, 1.82) is 0 Å². The van der Waals surface area contributed by atoms with Crippen molar-refractivity contribution in [2.75, 3.05) is 19.8 Å². The van der Waals surface area contributed by atoms with Crippen molar-refractivity contribution in [2.45, 2.75) is 30.8 Å². The van der Waals surface area contributed by atoms with Gasteiger partial charge in [-0.15, -0.1) is 0 Å². The molecule has 4 aromatic carbocycles. The van der Waals surface area contributed by atoms with Gasteiger partial charge in [-0.2, -0.15) is 0 Å². The molecule has 0 aromatic heterocycles. The number of ether oxygens (including phenoxy) is 2. The van der Waals surface area contributed by atoms with E-state index in [2.05, 4.69) is 97.1 Å². The Bertz CT molecular complexity index is 1470. The molecule has 3 aliphatic rings. The van der Waals surface area contributed by atoms with Crippen molar-refractivity contribution in [3.05, 3.63) is 119 Å². The molecule has 2 unspecified atom stereocenters. The molecule has 1 fully saturated rings. The van der Waals surface area contributed by atoms with Crippen LogP contribution < -0.4 is 0 Å². The van der Waals surface area contributed by atoms with Gasteiger partial charge in [-0.1, -0.05) is 103 Å². The van der Waals surface area contributed by atoms with E-state index in [1.807, 2.05) is 4.90 Å². The zero-order chi connectivity index (χ0) is 24.8. The van der Waals surface area contributed by atoms with E-state index in [0.29, 0.717) is 19.8 Å². The number of fused-ring (bicyclic) bond motifs is 6. The monoisotopic (exact) mass is 487 g/mol. The van der Waals surface area contributed by atoms with Crippen LogP contribution in [0.5, 0.6) is 0 Å². The van der Waals surface area contributed by atoms with E-state index in [1.165, 1.54) is 44.2 Å². The summed E-state index contributed by atoms with van der Waals surface area (Å²) in [6.07, 6.45) is 3.70. The Morgan fingerprint density at radius 1 is 0.838 bits per heavy atom. The zero-order valence-corrected chi connectivity index (χ0v) is 20.7. The number of benzene rings is 4. The summed E-state index contributed by atoms with van der Waals surface area (Å²) in [6.45, 7) is 1.41. The van der Waals surface area contributed by atoms with Gasteiger partial charge < -0.3 is 9.47 Å². The van der Waals surface area contributed by atoms with Gasteiger partial charge in [0.2, 0.25) is 0 Å². The van der Waals surface area contributed by atoms with Gasteiger partial charge in [0.25, 0.3) is 0 Å². The van der Waals surface area contributed by atoms with Gasteiger partial charge in [0.1, 0.15) is 6.61 Å². The van der Waals surface area contributed by atoms with Crippen LogP contribution in [0.3, 0.4) is 0 Å². The predicted molar refractivity (Wildman–Crippen MR) is 146 cm³/mol. The van der Waals surface area contributed by atoms with Gasteiger partial charge in [0.05, 0.1) is 25.3 Å². The van der Waals surface area contributed by atoms with E-state index in [9.17, 15) is 4.79 Å². The SMILES string of the molecule is O=C(OCC1c2ccccc2-c2ccccc21)N1C2C=C(Cc3cccc4ccccc34)CC1COC2. The summed E-state index contributed by atoms with van der Waals surface area (Å²) >= 11 is 0. The topological polar surface area (TPSA) is 38.8 Å². The highest BCUT2D eigenvalue weighted by atomic mass is 16.6. The molecule has 1 aliphatic carbocycles. The molecule has 4 aromatic rings. The molecule has 1 amide bonds. The molecule has 0 saturated carbocycles. The molecule has 184 valence electrons. The third-order valence-electron chi connectivity index (χ3n) is 8.12. The smallest absolute Gasteiger partial charge is 0.410 e. The first-order valence-corrected chi connectivity index (χ1v) is 13.1. The molecule has 0 spiro atoms. The average molecular weight is 488 g/mol. The van der Waals surface area contributed by atoms with Crippen molar-refractivity contribution >= 4 is 16.9 Å². The highest BCUT2D eigenvalue weighted by Gasteiger charge is 2.39. The van der Waals surface area contributed by atoms with Crippen LogP contribution in [0.4, 0.5) is 4.79 Å². The van der Waals surface area contributed by atoms with Gasteiger partial charge >= 0.3 is 6.09 Å². The zero-order valence-electron chi connectivity index (χ0n) is 20.7. The Hall–Kier alpha value is -3.89. The number of amides is 1. The van der Waals surface area contributed by atoms with Gasteiger partial charge in [-0.05, 0) is 51.4 Å². The number of rotatable bonds is 4. The third-order valence-corrected chi connectivity index (χ3v) is 8.12. The maximum absolute atomic E-state index is 13.5. The van der Waals surface area contributed by atoms with E-state index in [-0.39, 0.29) is 24.1 Å². The first kappa shape index (κ1) is 22.3. The van der Waals surface area contributed by atoms with Crippen LogP contribution in [0.1, 0.15) is 29.0 Å². The van der Waals surface area contributed by atoms with Crippen molar-refractivity contribution in [2.24, 2.45) is 0 Å². The Labute approximate surface area is 217 Å². The van der Waals surface area contributed by atoms with Crippen LogP contribution in [0.15, 0.2) is 103 Å². The number of hydrogen-bond acceptors (Lipinski definition) is 3. The number of carbonyl (C=O) groups is 1. The van der Waals surface area contributed by atoms with Crippen LogP contribution in [-0.2, 0) is 15.9 Å². The van der Waals surface area contributed by atoms with E-state index in [4.69, 9.17) is 9.47 Å². The van der Waals surface area contributed by atoms with Crippen molar-refractivity contribution in [1.82, 2.24) is 4.90 Å². The van der Waals surface area contributed by atoms with Crippen LogP contribution in [0.2, 0.25) is 0 Å². The summed E-state index contributed by atoms with van der Waals surface area (Å²) < 4.78 is 11.9. The second-order valence-corrected chi connectivity index (χ2v) is 10.3. The first-order chi connectivity index (χ1) is 18.3. The van der Waals surface area contributed by atoms with Gasteiger partial charge in [-0.25, -0.2) is 4.79 Å². The maximum atomic E-state index is 13.5. The standard InChI is InChI=1S/C33H29NO3/c35-33(37-21-32-30-14-5-3-12-28(30)29-13-4-6-15-31(29)32)34-25-17-22(18-26(34)20-36-19-25)16-24-10-7-9-23-8-1-2-11-27(23)24/h1-15,17,25-26,32H,16,18-21H2. The Balaban J connectivity index is 1.10. The summed E-state index contributed by atoms with van der Waals surface area (Å²) in [5.41, 5.74) is 7.65. The van der Waals surface area contributed by atoms with Gasteiger partial charge in [-0.3, -0.25) is 4.90 Å². The van der Waals surface area contributed by atoms with E-state index in [0.717, 1.165) is 12.8 Å².